The van der Waals surface area contributed by atoms with Gasteiger partial charge in [0.2, 0.25) is 0 Å². The Morgan fingerprint density at radius 1 is 0.586 bits per heavy atom. The summed E-state index contributed by atoms with van der Waals surface area (Å²) in [6, 6.07) is 0. The molecule has 0 spiro atoms. The number of phosphoric acid groups is 1. The van der Waals surface area contributed by atoms with Crippen molar-refractivity contribution in [2.24, 2.45) is 0 Å². The predicted octanol–water partition coefficient (Wildman–Crippen LogP) is 10.4. The molecule has 0 aliphatic heterocycles. The standard InChI is InChI=1S/C46H77O11P/c1-3-5-7-8-9-10-11-12-13-14-15-16-19-22-25-28-32-36-45(50)54-40-44(41-56-58(52,53)55-39-43(49)38-47)57-46(51)37-33-29-26-23-20-17-18-21-24-27-31-35-42(48)34-30-6-4-2/h12-13,15-18,22-27,31,35,42-44,47-49H,3-11,14,19-21,28-30,32-34,36-41H2,1-2H3,(H,52,53)/b13-12-,16-15-,18-17-,25-22-,26-23-,27-24-,35-31+/t42-,43-,44+/m0/s1. The SMILES string of the molecule is CCCCCCCC/C=C\C/C=C\C/C=C\CCCC(=O)OC[C@H](COP(=O)(O)OC[C@@H](O)CO)OC(=O)CCC/C=C\C/C=C\C/C=C\C=C\[C@@H](O)CCCCC. The molecule has 0 aliphatic rings. The molecule has 0 aliphatic carbocycles. The zero-order chi connectivity index (χ0) is 42.8. The van der Waals surface area contributed by atoms with E-state index in [4.69, 9.17) is 19.1 Å². The Hall–Kier alpha value is -2.89. The summed E-state index contributed by atoms with van der Waals surface area (Å²) < 4.78 is 32.5. The summed E-state index contributed by atoms with van der Waals surface area (Å²) in [4.78, 5) is 34.9. The normalized spacial score (nSPS) is 15.2. The van der Waals surface area contributed by atoms with Crippen LogP contribution in [0.3, 0.4) is 0 Å². The topological polar surface area (TPSA) is 169 Å². The van der Waals surface area contributed by atoms with Gasteiger partial charge in [0.1, 0.15) is 12.7 Å². The molecule has 0 amide bonds. The first-order valence-electron chi connectivity index (χ1n) is 21.7. The van der Waals surface area contributed by atoms with E-state index in [0.29, 0.717) is 25.7 Å². The van der Waals surface area contributed by atoms with Gasteiger partial charge >= 0.3 is 19.8 Å². The summed E-state index contributed by atoms with van der Waals surface area (Å²) in [5.74, 6) is -1.09. The average molecular weight is 837 g/mol. The van der Waals surface area contributed by atoms with E-state index in [2.05, 4.69) is 54.8 Å². The van der Waals surface area contributed by atoms with Crippen molar-refractivity contribution in [3.63, 3.8) is 0 Å². The monoisotopic (exact) mass is 837 g/mol. The Morgan fingerprint density at radius 3 is 1.69 bits per heavy atom. The number of aliphatic hydroxyl groups is 3. The van der Waals surface area contributed by atoms with Gasteiger partial charge in [0.25, 0.3) is 0 Å². The summed E-state index contributed by atoms with van der Waals surface area (Å²) in [6.07, 6.45) is 44.6. The zero-order valence-corrected chi connectivity index (χ0v) is 36.5. The molecule has 11 nitrogen and oxygen atoms in total. The van der Waals surface area contributed by atoms with Crippen LogP contribution in [-0.4, -0.2) is 76.9 Å². The van der Waals surface area contributed by atoms with E-state index in [1.165, 1.54) is 38.5 Å². The highest BCUT2D eigenvalue weighted by molar-refractivity contribution is 7.47. The van der Waals surface area contributed by atoms with Crippen LogP contribution in [0, 0.1) is 0 Å². The highest BCUT2D eigenvalue weighted by Gasteiger charge is 2.27. The number of esters is 2. The van der Waals surface area contributed by atoms with Crippen LogP contribution in [0.4, 0.5) is 0 Å². The minimum Gasteiger partial charge on any atom is -0.462 e. The Kier molecular flexibility index (Phi) is 38.8. The number of phosphoric ester groups is 1. The fourth-order valence-electron chi connectivity index (χ4n) is 5.23. The van der Waals surface area contributed by atoms with Crippen molar-refractivity contribution in [3.05, 3.63) is 85.1 Å². The molecule has 0 aromatic carbocycles. The number of carbonyl (C=O) groups is 2. The van der Waals surface area contributed by atoms with Crippen LogP contribution < -0.4 is 0 Å². The molecule has 0 saturated heterocycles. The molecule has 0 aromatic heterocycles. The maximum atomic E-state index is 12.6. The first-order valence-corrected chi connectivity index (χ1v) is 23.1. The van der Waals surface area contributed by atoms with E-state index < -0.39 is 57.9 Å². The molecule has 332 valence electrons. The van der Waals surface area contributed by atoms with Gasteiger partial charge in [0, 0.05) is 12.8 Å². The van der Waals surface area contributed by atoms with Crippen molar-refractivity contribution in [2.45, 2.75) is 167 Å². The quantitative estimate of drug-likeness (QED) is 0.0153. The third-order valence-corrected chi connectivity index (χ3v) is 9.58. The van der Waals surface area contributed by atoms with Crippen LogP contribution >= 0.6 is 7.82 Å². The fourth-order valence-corrected chi connectivity index (χ4v) is 6.02. The van der Waals surface area contributed by atoms with Crippen LogP contribution in [0.1, 0.15) is 149 Å². The van der Waals surface area contributed by atoms with E-state index >= 15 is 0 Å². The molecule has 0 aromatic rings. The van der Waals surface area contributed by atoms with Gasteiger partial charge < -0.3 is 29.7 Å². The minimum atomic E-state index is -4.66. The highest BCUT2D eigenvalue weighted by Crippen LogP contribution is 2.43. The second-order valence-electron chi connectivity index (χ2n) is 14.2. The summed E-state index contributed by atoms with van der Waals surface area (Å²) in [5, 5.41) is 28.2. The largest absolute Gasteiger partial charge is 0.472 e. The maximum Gasteiger partial charge on any atom is 0.472 e. The lowest BCUT2D eigenvalue weighted by molar-refractivity contribution is -0.161. The van der Waals surface area contributed by atoms with E-state index in [9.17, 15) is 29.3 Å². The minimum absolute atomic E-state index is 0.0731. The number of aliphatic hydroxyl groups excluding tert-OH is 3. The molecule has 0 heterocycles. The molecule has 0 bridgehead atoms. The van der Waals surface area contributed by atoms with Gasteiger partial charge in [-0.05, 0) is 70.6 Å². The van der Waals surface area contributed by atoms with Crippen molar-refractivity contribution in [3.8, 4) is 0 Å². The number of hydrogen-bond donors (Lipinski definition) is 4. The third kappa shape index (κ3) is 39.9. The molecule has 4 N–H and O–H groups in total. The molecule has 0 saturated carbocycles. The van der Waals surface area contributed by atoms with Gasteiger partial charge in [-0.25, -0.2) is 4.57 Å². The van der Waals surface area contributed by atoms with Crippen molar-refractivity contribution < 1.29 is 52.9 Å². The van der Waals surface area contributed by atoms with Gasteiger partial charge in [-0.2, -0.15) is 0 Å². The number of rotatable bonds is 39. The molecule has 4 atom stereocenters. The Bertz CT molecular complexity index is 1250. The van der Waals surface area contributed by atoms with Crippen LogP contribution in [0.25, 0.3) is 0 Å². The molecule has 1 unspecified atom stereocenters. The van der Waals surface area contributed by atoms with Gasteiger partial charge in [-0.3, -0.25) is 18.6 Å². The van der Waals surface area contributed by atoms with E-state index in [1.807, 2.05) is 48.6 Å². The van der Waals surface area contributed by atoms with Crippen LogP contribution in [0.15, 0.2) is 85.1 Å². The second-order valence-corrected chi connectivity index (χ2v) is 15.7. The van der Waals surface area contributed by atoms with Crippen molar-refractivity contribution in [1.29, 1.82) is 0 Å². The number of hydrogen-bond acceptors (Lipinski definition) is 10. The number of unbranched alkanes of at least 4 members (excludes halogenated alkanes) is 10. The molecule has 0 rings (SSSR count). The van der Waals surface area contributed by atoms with Crippen molar-refractivity contribution >= 4 is 19.8 Å². The van der Waals surface area contributed by atoms with Crippen LogP contribution in [-0.2, 0) is 32.7 Å². The van der Waals surface area contributed by atoms with Gasteiger partial charge in [0.05, 0.1) is 25.9 Å². The number of ether oxygens (including phenoxy) is 2. The molecular weight excluding hydrogens is 759 g/mol. The molecule has 12 heteroatoms. The molecular formula is C46H77O11P. The summed E-state index contributed by atoms with van der Waals surface area (Å²) in [7, 11) is -4.66. The molecule has 0 fully saturated rings. The Morgan fingerprint density at radius 2 is 1.09 bits per heavy atom. The lowest BCUT2D eigenvalue weighted by Gasteiger charge is -2.20. The Balaban J connectivity index is 4.54. The lowest BCUT2D eigenvalue weighted by Crippen LogP contribution is -2.29. The lowest BCUT2D eigenvalue weighted by atomic mass is 10.1. The first-order chi connectivity index (χ1) is 28.1. The van der Waals surface area contributed by atoms with E-state index in [-0.39, 0.29) is 19.4 Å². The summed E-state index contributed by atoms with van der Waals surface area (Å²) >= 11 is 0. The first kappa shape index (κ1) is 55.1. The Labute approximate surface area is 350 Å². The zero-order valence-electron chi connectivity index (χ0n) is 35.6. The van der Waals surface area contributed by atoms with Gasteiger partial charge in [-0.1, -0.05) is 150 Å². The van der Waals surface area contributed by atoms with Gasteiger partial charge in [-0.15, -0.1) is 0 Å². The smallest absolute Gasteiger partial charge is 0.462 e. The maximum absolute atomic E-state index is 12.6. The number of allylic oxidation sites excluding steroid dienone is 13. The predicted molar refractivity (Wildman–Crippen MR) is 234 cm³/mol. The van der Waals surface area contributed by atoms with Crippen molar-refractivity contribution in [2.75, 3.05) is 26.4 Å². The average Bonchev–Trinajstić information content (AvgIpc) is 3.20. The summed E-state index contributed by atoms with van der Waals surface area (Å²) in [6.45, 7) is 2.09. The van der Waals surface area contributed by atoms with E-state index in [0.717, 1.165) is 57.8 Å². The molecule has 0 radical (unpaired) electrons. The van der Waals surface area contributed by atoms with E-state index in [1.54, 1.807) is 0 Å². The molecule has 58 heavy (non-hydrogen) atoms. The van der Waals surface area contributed by atoms with Crippen LogP contribution in [0.5, 0.6) is 0 Å². The second kappa shape index (κ2) is 40.9. The fraction of sp³-hybridized carbons (Fsp3) is 0.652. The van der Waals surface area contributed by atoms with Crippen LogP contribution in [0.2, 0.25) is 0 Å². The number of carbonyl (C=O) groups excluding carboxylic acids is 2. The van der Waals surface area contributed by atoms with Crippen molar-refractivity contribution in [1.82, 2.24) is 0 Å². The highest BCUT2D eigenvalue weighted by atomic mass is 31.2. The summed E-state index contributed by atoms with van der Waals surface area (Å²) in [5.41, 5.74) is 0. The van der Waals surface area contributed by atoms with Gasteiger partial charge in [0.15, 0.2) is 6.10 Å². The third-order valence-electron chi connectivity index (χ3n) is 8.63.